The minimum absolute atomic E-state index is 0.191. The standard InChI is InChI=1S/C21H23NO4/c1-4-19(21(23)24)20-13-9-8-12-18(20)14-25-16(3)22-26-15(2)17-10-6-5-7-11-17/h4-13,15H,14H2,1-3H3,(H,23,24)/b19-4+,22-16-. The average molecular weight is 353 g/mol. The summed E-state index contributed by atoms with van der Waals surface area (Å²) in [5.41, 5.74) is 2.67. The highest BCUT2D eigenvalue weighted by Gasteiger charge is 2.13. The third-order valence-electron chi connectivity index (χ3n) is 3.87. The van der Waals surface area contributed by atoms with Crippen LogP contribution in [0.25, 0.3) is 5.57 Å². The molecule has 0 fully saturated rings. The van der Waals surface area contributed by atoms with E-state index in [1.165, 1.54) is 0 Å². The Morgan fingerprint density at radius 3 is 2.46 bits per heavy atom. The lowest BCUT2D eigenvalue weighted by Crippen LogP contribution is -2.07. The minimum Gasteiger partial charge on any atom is -0.478 e. The van der Waals surface area contributed by atoms with Gasteiger partial charge in [-0.3, -0.25) is 0 Å². The van der Waals surface area contributed by atoms with Gasteiger partial charge in [0.05, 0.1) is 5.57 Å². The number of carboxylic acid groups (broad SMARTS) is 1. The first-order valence-corrected chi connectivity index (χ1v) is 8.39. The van der Waals surface area contributed by atoms with Crippen molar-refractivity contribution in [1.82, 2.24) is 0 Å². The van der Waals surface area contributed by atoms with E-state index in [1.807, 2.05) is 49.4 Å². The van der Waals surface area contributed by atoms with Gasteiger partial charge in [-0.25, -0.2) is 4.79 Å². The van der Waals surface area contributed by atoms with E-state index in [2.05, 4.69) is 5.16 Å². The minimum atomic E-state index is -0.967. The number of carboxylic acids is 1. The number of benzene rings is 2. The van der Waals surface area contributed by atoms with Crippen molar-refractivity contribution in [3.8, 4) is 0 Å². The number of aliphatic carboxylic acids is 1. The SMILES string of the molecule is C/C=C(/C(=O)O)c1ccccc1CO/C(C)=N\OC(C)c1ccccc1. The summed E-state index contributed by atoms with van der Waals surface area (Å²) in [5.74, 6) is -0.592. The third kappa shape index (κ3) is 5.21. The van der Waals surface area contributed by atoms with E-state index in [-0.39, 0.29) is 18.3 Å². The Morgan fingerprint density at radius 1 is 1.15 bits per heavy atom. The van der Waals surface area contributed by atoms with Gasteiger partial charge in [-0.15, -0.1) is 0 Å². The largest absolute Gasteiger partial charge is 0.478 e. The van der Waals surface area contributed by atoms with Crippen LogP contribution in [0.3, 0.4) is 0 Å². The Hall–Kier alpha value is -3.08. The molecule has 5 nitrogen and oxygen atoms in total. The molecule has 1 atom stereocenters. The zero-order valence-corrected chi connectivity index (χ0v) is 15.2. The number of hydrogen-bond donors (Lipinski definition) is 1. The summed E-state index contributed by atoms with van der Waals surface area (Å²) in [6.07, 6.45) is 1.39. The summed E-state index contributed by atoms with van der Waals surface area (Å²) in [6.45, 7) is 5.52. The molecular weight excluding hydrogens is 330 g/mol. The number of hydrogen-bond acceptors (Lipinski definition) is 4. The van der Waals surface area contributed by atoms with Crippen molar-refractivity contribution in [3.63, 3.8) is 0 Å². The van der Waals surface area contributed by atoms with Crippen molar-refractivity contribution in [2.75, 3.05) is 0 Å². The van der Waals surface area contributed by atoms with Crippen molar-refractivity contribution in [3.05, 3.63) is 77.4 Å². The molecule has 0 radical (unpaired) electrons. The fraction of sp³-hybridized carbons (Fsp3) is 0.238. The number of carbonyl (C=O) groups is 1. The topological polar surface area (TPSA) is 68.1 Å². The molecular formula is C21H23NO4. The highest BCUT2D eigenvalue weighted by molar-refractivity contribution is 6.15. The van der Waals surface area contributed by atoms with E-state index in [0.717, 1.165) is 11.1 Å². The molecule has 0 heterocycles. The van der Waals surface area contributed by atoms with Crippen LogP contribution in [0.1, 0.15) is 43.6 Å². The van der Waals surface area contributed by atoms with Gasteiger partial charge in [-0.05, 0) is 30.5 Å². The molecule has 1 unspecified atom stereocenters. The lowest BCUT2D eigenvalue weighted by molar-refractivity contribution is -0.130. The Bertz CT molecular complexity index is 797. The molecule has 1 N–H and O–H groups in total. The molecule has 0 bridgehead atoms. The van der Waals surface area contributed by atoms with Crippen LogP contribution in [-0.2, 0) is 21.0 Å². The molecule has 0 saturated heterocycles. The molecule has 2 aromatic carbocycles. The van der Waals surface area contributed by atoms with Gasteiger partial charge in [0.2, 0.25) is 5.90 Å². The van der Waals surface area contributed by atoms with E-state index >= 15 is 0 Å². The fourth-order valence-corrected chi connectivity index (χ4v) is 2.45. The van der Waals surface area contributed by atoms with Crippen LogP contribution in [0.2, 0.25) is 0 Å². The molecule has 0 saturated carbocycles. The second kappa shape index (κ2) is 9.42. The van der Waals surface area contributed by atoms with Crippen LogP contribution in [0, 0.1) is 0 Å². The number of rotatable bonds is 7. The van der Waals surface area contributed by atoms with Gasteiger partial charge in [0.1, 0.15) is 12.7 Å². The second-order valence-corrected chi connectivity index (χ2v) is 5.72. The van der Waals surface area contributed by atoms with Crippen LogP contribution in [0.5, 0.6) is 0 Å². The van der Waals surface area contributed by atoms with Gasteiger partial charge in [-0.1, -0.05) is 65.8 Å². The molecule has 2 aromatic rings. The van der Waals surface area contributed by atoms with E-state index in [0.29, 0.717) is 11.5 Å². The molecule has 0 aromatic heterocycles. The zero-order chi connectivity index (χ0) is 18.9. The maximum absolute atomic E-state index is 11.4. The first-order valence-electron chi connectivity index (χ1n) is 8.39. The summed E-state index contributed by atoms with van der Waals surface area (Å²) in [6, 6.07) is 17.0. The first-order chi connectivity index (χ1) is 12.5. The van der Waals surface area contributed by atoms with E-state index in [4.69, 9.17) is 9.57 Å². The highest BCUT2D eigenvalue weighted by Crippen LogP contribution is 2.21. The van der Waals surface area contributed by atoms with Gasteiger partial charge in [0, 0.05) is 6.92 Å². The van der Waals surface area contributed by atoms with Gasteiger partial charge in [-0.2, -0.15) is 0 Å². The second-order valence-electron chi connectivity index (χ2n) is 5.72. The first kappa shape index (κ1) is 19.2. The van der Waals surface area contributed by atoms with Gasteiger partial charge < -0.3 is 14.7 Å². The predicted molar refractivity (Wildman–Crippen MR) is 102 cm³/mol. The average Bonchev–Trinajstić information content (AvgIpc) is 2.66. The van der Waals surface area contributed by atoms with E-state index < -0.39 is 5.97 Å². The van der Waals surface area contributed by atoms with Crippen LogP contribution < -0.4 is 0 Å². The summed E-state index contributed by atoms with van der Waals surface area (Å²) >= 11 is 0. The molecule has 0 aliphatic heterocycles. The lowest BCUT2D eigenvalue weighted by atomic mass is 10.00. The van der Waals surface area contributed by atoms with E-state index in [1.54, 1.807) is 32.1 Å². The predicted octanol–water partition coefficient (Wildman–Crippen LogP) is 4.80. The Balaban J connectivity index is 2.01. The van der Waals surface area contributed by atoms with Crippen molar-refractivity contribution < 1.29 is 19.5 Å². The Labute approximate surface area is 153 Å². The van der Waals surface area contributed by atoms with Crippen molar-refractivity contribution >= 4 is 17.4 Å². The Kier molecular flexibility index (Phi) is 6.97. The summed E-state index contributed by atoms with van der Waals surface area (Å²) in [7, 11) is 0. The molecule has 136 valence electrons. The number of allylic oxidation sites excluding steroid dienone is 1. The fourth-order valence-electron chi connectivity index (χ4n) is 2.45. The van der Waals surface area contributed by atoms with Gasteiger partial charge in [0.25, 0.3) is 0 Å². The van der Waals surface area contributed by atoms with Crippen LogP contribution in [0.4, 0.5) is 0 Å². The summed E-state index contributed by atoms with van der Waals surface area (Å²) in [4.78, 5) is 16.9. The molecule has 0 amide bonds. The molecule has 0 aliphatic rings. The summed E-state index contributed by atoms with van der Waals surface area (Å²) in [5, 5.41) is 13.3. The molecule has 0 spiro atoms. The number of oxime groups is 1. The molecule has 0 aliphatic carbocycles. The zero-order valence-electron chi connectivity index (χ0n) is 15.2. The normalized spacial score (nSPS) is 13.2. The van der Waals surface area contributed by atoms with Gasteiger partial charge in [0.15, 0.2) is 0 Å². The van der Waals surface area contributed by atoms with Crippen molar-refractivity contribution in [2.24, 2.45) is 5.16 Å². The maximum Gasteiger partial charge on any atom is 0.335 e. The maximum atomic E-state index is 11.4. The number of ether oxygens (including phenoxy) is 1. The molecule has 2 rings (SSSR count). The summed E-state index contributed by atoms with van der Waals surface area (Å²) < 4.78 is 5.63. The smallest absolute Gasteiger partial charge is 0.335 e. The number of nitrogens with zero attached hydrogens (tertiary/aromatic N) is 1. The monoisotopic (exact) mass is 353 g/mol. The van der Waals surface area contributed by atoms with Crippen LogP contribution in [0.15, 0.2) is 65.8 Å². The highest BCUT2D eigenvalue weighted by atomic mass is 16.7. The Morgan fingerprint density at radius 2 is 1.81 bits per heavy atom. The van der Waals surface area contributed by atoms with Crippen LogP contribution in [-0.4, -0.2) is 17.0 Å². The van der Waals surface area contributed by atoms with Crippen molar-refractivity contribution in [2.45, 2.75) is 33.5 Å². The molecule has 26 heavy (non-hydrogen) atoms. The third-order valence-corrected chi connectivity index (χ3v) is 3.87. The van der Waals surface area contributed by atoms with E-state index in [9.17, 15) is 9.90 Å². The molecule has 5 heteroatoms. The van der Waals surface area contributed by atoms with Gasteiger partial charge >= 0.3 is 5.97 Å². The van der Waals surface area contributed by atoms with Crippen molar-refractivity contribution in [1.29, 1.82) is 0 Å². The quantitative estimate of drug-likeness (QED) is 0.336. The van der Waals surface area contributed by atoms with Crippen LogP contribution >= 0.6 is 0 Å². The lowest BCUT2D eigenvalue weighted by Gasteiger charge is -2.13.